The lowest BCUT2D eigenvalue weighted by molar-refractivity contribution is 0.278. The Morgan fingerprint density at radius 2 is 1.90 bits per heavy atom. The van der Waals surface area contributed by atoms with Gasteiger partial charge in [0.1, 0.15) is 0 Å². The van der Waals surface area contributed by atoms with Crippen LogP contribution in [0.4, 0.5) is 0 Å². The lowest BCUT2D eigenvalue weighted by Crippen LogP contribution is -2.02. The molecule has 1 aromatic heterocycles. The van der Waals surface area contributed by atoms with E-state index < -0.39 is 0 Å². The number of hydrogen-bond acceptors (Lipinski definition) is 3. The predicted octanol–water partition coefficient (Wildman–Crippen LogP) is 0.0506. The third-order valence-corrected chi connectivity index (χ3v) is 1.23. The summed E-state index contributed by atoms with van der Waals surface area (Å²) >= 11 is 0. The molecule has 0 bridgehead atoms. The normalized spacial score (nSPS) is 10.1. The topological polar surface area (TPSA) is 50.9 Å². The average Bonchev–Trinajstić information content (AvgIpc) is 2.41. The molecule has 4 nitrogen and oxygen atoms in total. The van der Waals surface area contributed by atoms with Crippen LogP contribution < -0.4 is 0 Å². The fourth-order valence-electron chi connectivity index (χ4n) is 0.724. The molecule has 0 saturated heterocycles. The first-order valence-corrected chi connectivity index (χ1v) is 3.38. The summed E-state index contributed by atoms with van der Waals surface area (Å²) in [6.07, 6.45) is 5.06. The van der Waals surface area contributed by atoms with Crippen LogP contribution in [0.5, 0.6) is 0 Å². The molecule has 0 aromatic carbocycles. The Kier molecular flexibility index (Phi) is 2.89. The van der Waals surface area contributed by atoms with Crippen molar-refractivity contribution in [1.82, 2.24) is 15.0 Å². The first kappa shape index (κ1) is 7.21. The molecule has 0 saturated carbocycles. The quantitative estimate of drug-likeness (QED) is 0.603. The molecule has 0 unspecified atom stereocenters. The minimum atomic E-state index is 0.251. The molecule has 1 aromatic rings. The van der Waals surface area contributed by atoms with Crippen molar-refractivity contribution in [2.75, 3.05) is 6.61 Å². The van der Waals surface area contributed by atoms with Crippen molar-refractivity contribution in [2.24, 2.45) is 0 Å². The average molecular weight is 141 g/mol. The highest BCUT2D eigenvalue weighted by Gasteiger charge is 1.89. The fourth-order valence-corrected chi connectivity index (χ4v) is 0.724. The lowest BCUT2D eigenvalue weighted by atomic mass is 10.3. The first-order valence-electron chi connectivity index (χ1n) is 3.38. The Morgan fingerprint density at radius 1 is 1.20 bits per heavy atom. The van der Waals surface area contributed by atoms with Gasteiger partial charge in [-0.05, 0) is 12.8 Å². The van der Waals surface area contributed by atoms with E-state index in [0.717, 1.165) is 19.4 Å². The molecule has 1 heterocycles. The van der Waals surface area contributed by atoms with Crippen molar-refractivity contribution < 1.29 is 5.11 Å². The molecule has 0 spiro atoms. The van der Waals surface area contributed by atoms with E-state index in [-0.39, 0.29) is 6.61 Å². The summed E-state index contributed by atoms with van der Waals surface area (Å²) in [5.41, 5.74) is 0. The summed E-state index contributed by atoms with van der Waals surface area (Å²) in [7, 11) is 0. The monoisotopic (exact) mass is 141 g/mol. The summed E-state index contributed by atoms with van der Waals surface area (Å²) < 4.78 is 0. The van der Waals surface area contributed by atoms with Crippen LogP contribution in [-0.2, 0) is 6.54 Å². The molecule has 0 amide bonds. The summed E-state index contributed by atoms with van der Waals surface area (Å²) in [6, 6.07) is 0. The number of unbranched alkanes of at least 4 members (excludes halogenated alkanes) is 1. The summed E-state index contributed by atoms with van der Waals surface area (Å²) in [6.45, 7) is 1.05. The van der Waals surface area contributed by atoms with Crippen LogP contribution in [0.1, 0.15) is 12.8 Å². The van der Waals surface area contributed by atoms with Gasteiger partial charge in [-0.3, -0.25) is 0 Å². The number of nitrogens with zero attached hydrogens (tertiary/aromatic N) is 3. The van der Waals surface area contributed by atoms with E-state index in [0.29, 0.717) is 0 Å². The molecule has 0 aliphatic carbocycles. The Morgan fingerprint density at radius 3 is 2.50 bits per heavy atom. The van der Waals surface area contributed by atoms with Gasteiger partial charge in [0.05, 0.1) is 18.9 Å². The van der Waals surface area contributed by atoms with Gasteiger partial charge >= 0.3 is 0 Å². The van der Waals surface area contributed by atoms with Crippen molar-refractivity contribution in [2.45, 2.75) is 19.4 Å². The SMILES string of the molecule is OCCCCn1nccn1. The van der Waals surface area contributed by atoms with Crippen LogP contribution in [0.3, 0.4) is 0 Å². The summed E-state index contributed by atoms with van der Waals surface area (Å²) in [5, 5.41) is 16.3. The van der Waals surface area contributed by atoms with Gasteiger partial charge in [-0.2, -0.15) is 15.0 Å². The Hall–Kier alpha value is -0.900. The van der Waals surface area contributed by atoms with E-state index in [2.05, 4.69) is 10.2 Å². The fraction of sp³-hybridized carbons (Fsp3) is 0.667. The molecule has 0 aliphatic rings. The van der Waals surface area contributed by atoms with Crippen molar-refractivity contribution in [3.63, 3.8) is 0 Å². The van der Waals surface area contributed by atoms with Crippen molar-refractivity contribution >= 4 is 0 Å². The second-order valence-electron chi connectivity index (χ2n) is 2.06. The second-order valence-corrected chi connectivity index (χ2v) is 2.06. The van der Waals surface area contributed by atoms with Gasteiger partial charge < -0.3 is 5.11 Å². The van der Waals surface area contributed by atoms with E-state index in [1.165, 1.54) is 0 Å². The molecule has 1 N–H and O–H groups in total. The van der Waals surface area contributed by atoms with Crippen LogP contribution in [0.25, 0.3) is 0 Å². The van der Waals surface area contributed by atoms with Gasteiger partial charge in [0.15, 0.2) is 0 Å². The molecule has 4 heteroatoms. The van der Waals surface area contributed by atoms with E-state index in [9.17, 15) is 0 Å². The van der Waals surface area contributed by atoms with Crippen LogP contribution in [0.15, 0.2) is 12.4 Å². The zero-order valence-electron chi connectivity index (χ0n) is 5.77. The first-order chi connectivity index (χ1) is 4.93. The number of hydrogen-bond donors (Lipinski definition) is 1. The summed E-state index contributed by atoms with van der Waals surface area (Å²) in [5.74, 6) is 0. The van der Waals surface area contributed by atoms with Gasteiger partial charge in [0.2, 0.25) is 0 Å². The molecular weight excluding hydrogens is 130 g/mol. The Bertz CT molecular complexity index is 162. The van der Waals surface area contributed by atoms with Crippen LogP contribution in [-0.4, -0.2) is 26.7 Å². The zero-order chi connectivity index (χ0) is 7.23. The van der Waals surface area contributed by atoms with Crippen LogP contribution in [0, 0.1) is 0 Å². The second kappa shape index (κ2) is 4.00. The van der Waals surface area contributed by atoms with Gasteiger partial charge in [-0.25, -0.2) is 0 Å². The van der Waals surface area contributed by atoms with Gasteiger partial charge in [-0.1, -0.05) is 0 Å². The molecule has 0 aliphatic heterocycles. The van der Waals surface area contributed by atoms with Gasteiger partial charge in [-0.15, -0.1) is 0 Å². The van der Waals surface area contributed by atoms with Crippen molar-refractivity contribution in [3.05, 3.63) is 12.4 Å². The van der Waals surface area contributed by atoms with Gasteiger partial charge in [0.25, 0.3) is 0 Å². The van der Waals surface area contributed by atoms with Crippen LogP contribution in [0.2, 0.25) is 0 Å². The maximum absolute atomic E-state index is 8.44. The molecule has 0 radical (unpaired) electrons. The molecule has 0 atom stereocenters. The van der Waals surface area contributed by atoms with Crippen LogP contribution >= 0.6 is 0 Å². The van der Waals surface area contributed by atoms with Crippen molar-refractivity contribution in [1.29, 1.82) is 0 Å². The van der Waals surface area contributed by atoms with Crippen molar-refractivity contribution in [3.8, 4) is 0 Å². The number of aryl methyl sites for hydroxylation is 1. The third-order valence-electron chi connectivity index (χ3n) is 1.23. The highest BCUT2D eigenvalue weighted by atomic mass is 16.2. The van der Waals surface area contributed by atoms with E-state index >= 15 is 0 Å². The maximum Gasteiger partial charge on any atom is 0.0693 e. The number of rotatable bonds is 4. The highest BCUT2D eigenvalue weighted by molar-refractivity contribution is 4.59. The third kappa shape index (κ3) is 2.14. The largest absolute Gasteiger partial charge is 0.396 e. The molecule has 1 rings (SSSR count). The zero-order valence-corrected chi connectivity index (χ0v) is 5.77. The van der Waals surface area contributed by atoms with E-state index in [4.69, 9.17) is 5.11 Å². The molecule has 0 fully saturated rings. The number of aliphatic hydroxyl groups is 1. The predicted molar refractivity (Wildman–Crippen MR) is 36.3 cm³/mol. The molecular formula is C6H11N3O. The lowest BCUT2D eigenvalue weighted by Gasteiger charge is -1.95. The number of aromatic nitrogens is 3. The van der Waals surface area contributed by atoms with E-state index in [1.807, 2.05) is 0 Å². The molecule has 10 heavy (non-hydrogen) atoms. The Labute approximate surface area is 59.5 Å². The molecule has 56 valence electrons. The minimum Gasteiger partial charge on any atom is -0.396 e. The smallest absolute Gasteiger partial charge is 0.0693 e. The highest BCUT2D eigenvalue weighted by Crippen LogP contribution is 1.89. The number of aliphatic hydroxyl groups excluding tert-OH is 1. The standard InChI is InChI=1S/C6H11N3O/c10-6-2-1-5-9-7-3-4-8-9/h3-4,10H,1-2,5-6H2. The Balaban J connectivity index is 2.15. The summed E-state index contributed by atoms with van der Waals surface area (Å²) in [4.78, 5) is 1.62. The van der Waals surface area contributed by atoms with Gasteiger partial charge in [0, 0.05) is 6.61 Å². The maximum atomic E-state index is 8.44. The van der Waals surface area contributed by atoms with E-state index in [1.54, 1.807) is 17.2 Å². The minimum absolute atomic E-state index is 0.251.